The molecule has 0 heterocycles. The Kier molecular flexibility index (Phi) is 8.96. The van der Waals surface area contributed by atoms with Gasteiger partial charge in [-0.2, -0.15) is 0 Å². The molecule has 0 spiro atoms. The van der Waals surface area contributed by atoms with E-state index in [0.29, 0.717) is 12.2 Å². The number of carbonyl (C=O) groups is 2. The number of rotatable bonds is 9. The largest absolute Gasteiger partial charge is 0.348 e. The first-order valence-electron chi connectivity index (χ1n) is 8.36. The second-order valence-corrected chi connectivity index (χ2v) is 5.49. The molecule has 4 heteroatoms. The number of nitrogens with one attached hydrogen (secondary N) is 2. The summed E-state index contributed by atoms with van der Waals surface area (Å²) in [6.45, 7) is 4.77. The van der Waals surface area contributed by atoms with E-state index in [1.807, 2.05) is 31.2 Å². The Labute approximate surface area is 133 Å². The van der Waals surface area contributed by atoms with Crippen LogP contribution in [0.15, 0.2) is 24.3 Å². The number of hydrogen-bond acceptors (Lipinski definition) is 2. The van der Waals surface area contributed by atoms with Crippen LogP contribution in [0.2, 0.25) is 0 Å². The van der Waals surface area contributed by atoms with Crippen molar-refractivity contribution in [3.05, 3.63) is 29.8 Å². The van der Waals surface area contributed by atoms with Gasteiger partial charge in [-0.05, 0) is 24.5 Å². The van der Waals surface area contributed by atoms with Crippen molar-refractivity contribution in [2.45, 2.75) is 58.8 Å². The molecule has 0 radical (unpaired) electrons. The van der Waals surface area contributed by atoms with Gasteiger partial charge >= 0.3 is 11.8 Å². The van der Waals surface area contributed by atoms with Crippen LogP contribution in [-0.2, 0) is 16.0 Å². The SMILES string of the molecule is CCCCCCCCNC(=O)C(=O)Nc1ccccc1CC. The molecule has 0 unspecified atom stereocenters. The topological polar surface area (TPSA) is 58.2 Å². The van der Waals surface area contributed by atoms with Crippen molar-refractivity contribution < 1.29 is 9.59 Å². The normalized spacial score (nSPS) is 10.3. The molecule has 1 aromatic carbocycles. The maximum atomic E-state index is 11.9. The molecule has 0 saturated heterocycles. The number of aryl methyl sites for hydroxylation is 1. The quantitative estimate of drug-likeness (QED) is 0.540. The first-order valence-corrected chi connectivity index (χ1v) is 8.36. The fourth-order valence-corrected chi connectivity index (χ4v) is 2.32. The minimum Gasteiger partial charge on any atom is -0.348 e. The summed E-state index contributed by atoms with van der Waals surface area (Å²) >= 11 is 0. The van der Waals surface area contributed by atoms with Gasteiger partial charge in [0, 0.05) is 12.2 Å². The zero-order chi connectivity index (χ0) is 16.2. The number of anilines is 1. The molecule has 1 aromatic rings. The van der Waals surface area contributed by atoms with Crippen molar-refractivity contribution in [3.8, 4) is 0 Å². The maximum Gasteiger partial charge on any atom is 0.313 e. The minimum absolute atomic E-state index is 0.556. The summed E-state index contributed by atoms with van der Waals surface area (Å²) < 4.78 is 0. The van der Waals surface area contributed by atoms with Gasteiger partial charge < -0.3 is 10.6 Å². The van der Waals surface area contributed by atoms with Gasteiger partial charge in [-0.25, -0.2) is 0 Å². The summed E-state index contributed by atoms with van der Waals surface area (Å²) in [4.78, 5) is 23.6. The molecule has 1 rings (SSSR count). The second kappa shape index (κ2) is 10.8. The average Bonchev–Trinajstić information content (AvgIpc) is 2.54. The molecule has 0 bridgehead atoms. The summed E-state index contributed by atoms with van der Waals surface area (Å²) in [6.07, 6.45) is 7.78. The lowest BCUT2D eigenvalue weighted by atomic mass is 10.1. The van der Waals surface area contributed by atoms with E-state index in [1.165, 1.54) is 25.7 Å². The summed E-state index contributed by atoms with van der Waals surface area (Å²) in [5.74, 6) is -1.15. The molecule has 2 N–H and O–H groups in total. The molecule has 0 saturated carbocycles. The van der Waals surface area contributed by atoms with Crippen LogP contribution in [0, 0.1) is 0 Å². The third-order valence-corrected chi connectivity index (χ3v) is 3.67. The van der Waals surface area contributed by atoms with E-state index in [2.05, 4.69) is 17.6 Å². The molecule has 22 heavy (non-hydrogen) atoms. The lowest BCUT2D eigenvalue weighted by Gasteiger charge is -2.09. The van der Waals surface area contributed by atoms with Crippen molar-refractivity contribution in [1.82, 2.24) is 5.32 Å². The van der Waals surface area contributed by atoms with Crippen LogP contribution in [-0.4, -0.2) is 18.4 Å². The van der Waals surface area contributed by atoms with Crippen molar-refractivity contribution in [1.29, 1.82) is 0 Å². The van der Waals surface area contributed by atoms with E-state index in [9.17, 15) is 9.59 Å². The zero-order valence-corrected chi connectivity index (χ0v) is 13.8. The minimum atomic E-state index is -0.591. The predicted molar refractivity (Wildman–Crippen MR) is 90.8 cm³/mol. The highest BCUT2D eigenvalue weighted by molar-refractivity contribution is 6.39. The van der Waals surface area contributed by atoms with Gasteiger partial charge in [-0.3, -0.25) is 9.59 Å². The number of para-hydroxylation sites is 1. The Morgan fingerprint density at radius 1 is 0.909 bits per heavy atom. The standard InChI is InChI=1S/C18H28N2O2/c1-3-5-6-7-8-11-14-19-17(21)18(22)20-16-13-10-9-12-15(16)4-2/h9-10,12-13H,3-8,11,14H2,1-2H3,(H,19,21)(H,20,22). The number of amides is 2. The second-order valence-electron chi connectivity index (χ2n) is 5.49. The van der Waals surface area contributed by atoms with Gasteiger partial charge in [0.1, 0.15) is 0 Å². The Bertz CT molecular complexity index is 472. The zero-order valence-electron chi connectivity index (χ0n) is 13.8. The van der Waals surface area contributed by atoms with Crippen LogP contribution >= 0.6 is 0 Å². The van der Waals surface area contributed by atoms with Crippen LogP contribution in [0.25, 0.3) is 0 Å². The molecule has 4 nitrogen and oxygen atoms in total. The highest BCUT2D eigenvalue weighted by atomic mass is 16.2. The molecule has 0 fully saturated rings. The van der Waals surface area contributed by atoms with Crippen LogP contribution < -0.4 is 10.6 Å². The Morgan fingerprint density at radius 2 is 1.59 bits per heavy atom. The highest BCUT2D eigenvalue weighted by Gasteiger charge is 2.14. The van der Waals surface area contributed by atoms with E-state index >= 15 is 0 Å². The lowest BCUT2D eigenvalue weighted by molar-refractivity contribution is -0.136. The third kappa shape index (κ3) is 6.74. The van der Waals surface area contributed by atoms with Gasteiger partial charge in [-0.1, -0.05) is 64.2 Å². The Balaban J connectivity index is 2.26. The van der Waals surface area contributed by atoms with Crippen molar-refractivity contribution in [2.75, 3.05) is 11.9 Å². The van der Waals surface area contributed by atoms with Crippen LogP contribution in [0.1, 0.15) is 57.9 Å². The molecule has 0 aliphatic heterocycles. The number of unbranched alkanes of at least 4 members (excludes halogenated alkanes) is 5. The molecular weight excluding hydrogens is 276 g/mol. The monoisotopic (exact) mass is 304 g/mol. The van der Waals surface area contributed by atoms with Crippen molar-refractivity contribution in [2.24, 2.45) is 0 Å². The lowest BCUT2D eigenvalue weighted by Crippen LogP contribution is -2.36. The van der Waals surface area contributed by atoms with E-state index in [-0.39, 0.29) is 0 Å². The molecule has 0 aromatic heterocycles. The Hall–Kier alpha value is -1.84. The van der Waals surface area contributed by atoms with E-state index < -0.39 is 11.8 Å². The van der Waals surface area contributed by atoms with Gasteiger partial charge in [0.15, 0.2) is 0 Å². The molecule has 0 atom stereocenters. The van der Waals surface area contributed by atoms with Gasteiger partial charge in [-0.15, -0.1) is 0 Å². The maximum absolute atomic E-state index is 11.9. The van der Waals surface area contributed by atoms with Gasteiger partial charge in [0.2, 0.25) is 0 Å². The van der Waals surface area contributed by atoms with Gasteiger partial charge in [0.05, 0.1) is 0 Å². The van der Waals surface area contributed by atoms with E-state index in [4.69, 9.17) is 0 Å². The van der Waals surface area contributed by atoms with Crippen LogP contribution in [0.4, 0.5) is 5.69 Å². The first kappa shape index (κ1) is 18.2. The predicted octanol–water partition coefficient (Wildman–Crippen LogP) is 3.66. The molecule has 0 aliphatic rings. The van der Waals surface area contributed by atoms with Crippen molar-refractivity contribution in [3.63, 3.8) is 0 Å². The van der Waals surface area contributed by atoms with Crippen molar-refractivity contribution >= 4 is 17.5 Å². The summed E-state index contributed by atoms with van der Waals surface area (Å²) in [5.41, 5.74) is 1.74. The third-order valence-electron chi connectivity index (χ3n) is 3.67. The fraction of sp³-hybridized carbons (Fsp3) is 0.556. The smallest absolute Gasteiger partial charge is 0.313 e. The Morgan fingerprint density at radius 3 is 2.32 bits per heavy atom. The van der Waals surface area contributed by atoms with E-state index in [0.717, 1.165) is 24.8 Å². The number of hydrogen-bond donors (Lipinski definition) is 2. The number of carbonyl (C=O) groups excluding carboxylic acids is 2. The molecule has 2 amide bonds. The molecule has 122 valence electrons. The van der Waals surface area contributed by atoms with Crippen LogP contribution in [0.3, 0.4) is 0 Å². The van der Waals surface area contributed by atoms with Gasteiger partial charge in [0.25, 0.3) is 0 Å². The van der Waals surface area contributed by atoms with Crippen LogP contribution in [0.5, 0.6) is 0 Å². The summed E-state index contributed by atoms with van der Waals surface area (Å²) in [7, 11) is 0. The fourth-order valence-electron chi connectivity index (χ4n) is 2.32. The molecular formula is C18H28N2O2. The summed E-state index contributed by atoms with van der Waals surface area (Å²) in [5, 5.41) is 5.36. The van der Waals surface area contributed by atoms with E-state index in [1.54, 1.807) is 0 Å². The number of benzene rings is 1. The summed E-state index contributed by atoms with van der Waals surface area (Å²) in [6, 6.07) is 7.54. The first-order chi connectivity index (χ1) is 10.7. The average molecular weight is 304 g/mol. The highest BCUT2D eigenvalue weighted by Crippen LogP contribution is 2.15. The molecule has 0 aliphatic carbocycles.